The van der Waals surface area contributed by atoms with Crippen LogP contribution in [0.5, 0.6) is 0 Å². The number of benzene rings is 1. The molecule has 0 saturated carbocycles. The van der Waals surface area contributed by atoms with E-state index in [4.69, 9.17) is 5.73 Å². The zero-order valence-corrected chi connectivity index (χ0v) is 13.4. The third-order valence-electron chi connectivity index (χ3n) is 3.66. The first-order valence-electron chi connectivity index (χ1n) is 7.68. The van der Waals surface area contributed by atoms with Crippen molar-refractivity contribution in [2.75, 3.05) is 5.73 Å². The van der Waals surface area contributed by atoms with E-state index in [1.807, 2.05) is 26.0 Å². The fraction of sp³-hybridized carbons (Fsp3) is 0.471. The predicted molar refractivity (Wildman–Crippen MR) is 88.2 cm³/mol. The lowest BCUT2D eigenvalue weighted by atomic mass is 10.1. The van der Waals surface area contributed by atoms with E-state index in [2.05, 4.69) is 24.6 Å². The molecule has 0 radical (unpaired) electrons. The van der Waals surface area contributed by atoms with Crippen LogP contribution in [0.1, 0.15) is 43.5 Å². The molecule has 0 amide bonds. The first-order valence-corrected chi connectivity index (χ1v) is 7.68. The van der Waals surface area contributed by atoms with Crippen LogP contribution in [0, 0.1) is 13.8 Å². The van der Waals surface area contributed by atoms with Gasteiger partial charge in [0, 0.05) is 6.54 Å². The summed E-state index contributed by atoms with van der Waals surface area (Å²) in [6.07, 6.45) is 2.78. The number of aromatic nitrogens is 2. The maximum absolute atomic E-state index is 12.6. The lowest BCUT2D eigenvalue weighted by Gasteiger charge is -2.15. The maximum Gasteiger partial charge on any atom is 0.294 e. The van der Waals surface area contributed by atoms with Crippen LogP contribution in [-0.2, 0) is 13.0 Å². The number of nitrogens with two attached hydrogens (primary N) is 1. The van der Waals surface area contributed by atoms with Crippen LogP contribution in [-0.4, -0.2) is 9.36 Å². The number of nitrogen functional groups attached to an aromatic ring is 1. The number of rotatable bonds is 5. The molecule has 4 heteroatoms. The Morgan fingerprint density at radius 3 is 2.19 bits per heavy atom. The van der Waals surface area contributed by atoms with Gasteiger partial charge in [0.15, 0.2) is 0 Å². The number of aryl methyl sites for hydroxylation is 2. The Morgan fingerprint density at radius 2 is 1.67 bits per heavy atom. The first-order chi connectivity index (χ1) is 9.99. The predicted octanol–water partition coefficient (Wildman–Crippen LogP) is 3.20. The number of hydrogen-bond acceptors (Lipinski definition) is 2. The molecule has 0 aliphatic heterocycles. The summed E-state index contributed by atoms with van der Waals surface area (Å²) in [5, 5.41) is 0. The molecule has 1 aromatic heterocycles. The summed E-state index contributed by atoms with van der Waals surface area (Å²) in [5.74, 6) is 0. The minimum atomic E-state index is -0.100. The summed E-state index contributed by atoms with van der Waals surface area (Å²) in [6, 6.07) is 6.18. The zero-order chi connectivity index (χ0) is 15.6. The van der Waals surface area contributed by atoms with E-state index in [1.54, 1.807) is 4.68 Å². The third-order valence-corrected chi connectivity index (χ3v) is 3.66. The maximum atomic E-state index is 12.6. The Bertz CT molecular complexity index is 675. The molecule has 2 rings (SSSR count). The quantitative estimate of drug-likeness (QED) is 0.918. The molecule has 114 valence electrons. The van der Waals surface area contributed by atoms with E-state index in [0.717, 1.165) is 48.3 Å². The second-order valence-electron chi connectivity index (χ2n) is 5.70. The van der Waals surface area contributed by atoms with Gasteiger partial charge in [0.05, 0.1) is 11.4 Å². The van der Waals surface area contributed by atoms with Crippen molar-refractivity contribution in [1.29, 1.82) is 0 Å². The average molecular weight is 287 g/mol. The van der Waals surface area contributed by atoms with Gasteiger partial charge in [-0.05, 0) is 49.9 Å². The van der Waals surface area contributed by atoms with Gasteiger partial charge in [-0.2, -0.15) is 0 Å². The molecule has 0 aliphatic rings. The topological polar surface area (TPSA) is 53.0 Å². The zero-order valence-electron chi connectivity index (χ0n) is 13.4. The summed E-state index contributed by atoms with van der Waals surface area (Å²) >= 11 is 0. The van der Waals surface area contributed by atoms with E-state index < -0.39 is 0 Å². The summed E-state index contributed by atoms with van der Waals surface area (Å²) < 4.78 is 3.79. The van der Waals surface area contributed by atoms with Crippen LogP contribution in [0.25, 0.3) is 5.69 Å². The molecule has 0 aliphatic carbocycles. The van der Waals surface area contributed by atoms with Crippen LogP contribution < -0.4 is 11.3 Å². The summed E-state index contributed by atoms with van der Waals surface area (Å²) in [5.41, 5.74) is 10.5. The van der Waals surface area contributed by atoms with Gasteiger partial charge in [0.25, 0.3) is 5.56 Å². The molecule has 0 atom stereocenters. The highest BCUT2D eigenvalue weighted by atomic mass is 16.1. The van der Waals surface area contributed by atoms with Crippen LogP contribution in [0.15, 0.2) is 23.0 Å². The number of nitrogens with zero attached hydrogens (tertiary/aromatic N) is 2. The Labute approximate surface area is 126 Å². The molecule has 4 nitrogen and oxygen atoms in total. The second-order valence-corrected chi connectivity index (χ2v) is 5.70. The highest BCUT2D eigenvalue weighted by Crippen LogP contribution is 2.18. The van der Waals surface area contributed by atoms with Gasteiger partial charge in [-0.1, -0.05) is 26.3 Å². The largest absolute Gasteiger partial charge is 0.393 e. The molecule has 21 heavy (non-hydrogen) atoms. The van der Waals surface area contributed by atoms with Crippen molar-refractivity contribution < 1.29 is 0 Å². The van der Waals surface area contributed by atoms with Gasteiger partial charge < -0.3 is 5.73 Å². The van der Waals surface area contributed by atoms with Crippen LogP contribution in [0.3, 0.4) is 0 Å². The van der Waals surface area contributed by atoms with Crippen LogP contribution in [0.2, 0.25) is 0 Å². The van der Waals surface area contributed by atoms with Crippen molar-refractivity contribution in [2.24, 2.45) is 0 Å². The minimum absolute atomic E-state index is 0.100. The molecule has 0 bridgehead atoms. The molecule has 0 unspecified atom stereocenters. The summed E-state index contributed by atoms with van der Waals surface area (Å²) in [6.45, 7) is 9.11. The van der Waals surface area contributed by atoms with Crippen molar-refractivity contribution in [3.05, 3.63) is 45.4 Å². The smallest absolute Gasteiger partial charge is 0.294 e. The van der Waals surface area contributed by atoms with E-state index in [0.29, 0.717) is 5.69 Å². The van der Waals surface area contributed by atoms with E-state index >= 15 is 0 Å². The van der Waals surface area contributed by atoms with E-state index in [1.165, 1.54) is 0 Å². The highest BCUT2D eigenvalue weighted by Gasteiger charge is 2.18. The van der Waals surface area contributed by atoms with Gasteiger partial charge in [-0.3, -0.25) is 9.48 Å². The third kappa shape index (κ3) is 2.89. The van der Waals surface area contributed by atoms with Gasteiger partial charge in [-0.25, -0.2) is 4.68 Å². The average Bonchev–Trinajstić information content (AvgIpc) is 2.63. The van der Waals surface area contributed by atoms with Gasteiger partial charge in [-0.15, -0.1) is 0 Å². The molecule has 1 aromatic carbocycles. The molecular weight excluding hydrogens is 262 g/mol. The second kappa shape index (κ2) is 6.20. The monoisotopic (exact) mass is 287 g/mol. The molecule has 2 aromatic rings. The van der Waals surface area contributed by atoms with E-state index in [-0.39, 0.29) is 5.56 Å². The minimum Gasteiger partial charge on any atom is -0.393 e. The summed E-state index contributed by atoms with van der Waals surface area (Å²) in [7, 11) is 0. The van der Waals surface area contributed by atoms with Gasteiger partial charge in [0.2, 0.25) is 0 Å². The van der Waals surface area contributed by atoms with Gasteiger partial charge in [0.1, 0.15) is 5.69 Å². The standard InChI is InChI=1S/C17H25N3O/c1-5-7-15-16(18)17(21)20(19(15)8-6-2)14-10-12(3)9-13(4)11-14/h9-11H,5-8,18H2,1-4H3. The van der Waals surface area contributed by atoms with Crippen molar-refractivity contribution in [1.82, 2.24) is 9.36 Å². The summed E-state index contributed by atoms with van der Waals surface area (Å²) in [4.78, 5) is 12.6. The normalized spacial score (nSPS) is 11.0. The van der Waals surface area contributed by atoms with Crippen molar-refractivity contribution >= 4 is 5.69 Å². The highest BCUT2D eigenvalue weighted by molar-refractivity contribution is 5.47. The Hall–Kier alpha value is -1.97. The molecule has 0 spiro atoms. The number of anilines is 1. The SMILES string of the molecule is CCCc1c(N)c(=O)n(-c2cc(C)cc(C)c2)n1CCC. The fourth-order valence-electron chi connectivity index (χ4n) is 2.88. The molecule has 1 heterocycles. The Morgan fingerprint density at radius 1 is 1.05 bits per heavy atom. The first kappa shape index (κ1) is 15.4. The molecule has 0 fully saturated rings. The molecular formula is C17H25N3O. The van der Waals surface area contributed by atoms with Crippen LogP contribution >= 0.6 is 0 Å². The lowest BCUT2D eigenvalue weighted by Crippen LogP contribution is -2.22. The Kier molecular flexibility index (Phi) is 4.56. The van der Waals surface area contributed by atoms with Crippen molar-refractivity contribution in [3.8, 4) is 5.69 Å². The van der Waals surface area contributed by atoms with Crippen molar-refractivity contribution in [3.63, 3.8) is 0 Å². The fourth-order valence-corrected chi connectivity index (χ4v) is 2.88. The van der Waals surface area contributed by atoms with E-state index in [9.17, 15) is 4.79 Å². The lowest BCUT2D eigenvalue weighted by molar-refractivity contribution is 0.512. The molecule has 0 saturated heterocycles. The molecule has 2 N–H and O–H groups in total. The Balaban J connectivity index is 2.72. The van der Waals surface area contributed by atoms with Gasteiger partial charge >= 0.3 is 0 Å². The van der Waals surface area contributed by atoms with Crippen molar-refractivity contribution in [2.45, 2.75) is 53.5 Å². The number of hydrogen-bond donors (Lipinski definition) is 1. The van der Waals surface area contributed by atoms with Crippen LogP contribution in [0.4, 0.5) is 5.69 Å².